The molecule has 3 heterocycles. The van der Waals surface area contributed by atoms with E-state index in [9.17, 15) is 10.1 Å². The van der Waals surface area contributed by atoms with Gasteiger partial charge in [-0.3, -0.25) is 4.79 Å². The van der Waals surface area contributed by atoms with E-state index in [1.807, 2.05) is 23.6 Å². The van der Waals surface area contributed by atoms with E-state index in [4.69, 9.17) is 4.74 Å². The first-order valence-electron chi connectivity index (χ1n) is 9.54. The first-order valence-corrected chi connectivity index (χ1v) is 10.5. The van der Waals surface area contributed by atoms with Gasteiger partial charge in [0.2, 0.25) is 5.91 Å². The van der Waals surface area contributed by atoms with Crippen LogP contribution < -0.4 is 10.1 Å². The summed E-state index contributed by atoms with van der Waals surface area (Å²) in [7, 11) is 3.65. The van der Waals surface area contributed by atoms with Gasteiger partial charge in [-0.15, -0.1) is 0 Å². The van der Waals surface area contributed by atoms with Gasteiger partial charge in [-0.05, 0) is 79.1 Å². The largest absolute Gasteiger partial charge is 0.494 e. The molecule has 7 heteroatoms. The summed E-state index contributed by atoms with van der Waals surface area (Å²) in [6.45, 7) is 1.79. The number of piperidine rings is 1. The molecule has 1 N–H and O–H groups in total. The molecule has 1 amide bonds. The Labute approximate surface area is 173 Å². The third-order valence-electron chi connectivity index (χ3n) is 5.45. The van der Waals surface area contributed by atoms with Crippen LogP contribution in [0.2, 0.25) is 0 Å². The molecule has 0 radical (unpaired) electrons. The Balaban J connectivity index is 1.75. The monoisotopic (exact) mass is 406 g/mol. The number of fused-ring (bicyclic) bond motifs is 1. The van der Waals surface area contributed by atoms with Crippen molar-refractivity contribution in [2.75, 3.05) is 32.6 Å². The minimum atomic E-state index is -0.0746. The summed E-state index contributed by atoms with van der Waals surface area (Å²) in [5.74, 6) is 0.770. The molecule has 29 heavy (non-hydrogen) atoms. The van der Waals surface area contributed by atoms with Crippen molar-refractivity contribution >= 4 is 34.0 Å². The summed E-state index contributed by atoms with van der Waals surface area (Å²) >= 11 is 1.61. The number of nitrogens with zero attached hydrogens (tertiary/aromatic N) is 3. The molecule has 0 aliphatic carbocycles. The van der Waals surface area contributed by atoms with E-state index in [2.05, 4.69) is 33.7 Å². The third kappa shape index (κ3) is 3.82. The summed E-state index contributed by atoms with van der Waals surface area (Å²) in [4.78, 5) is 19.6. The van der Waals surface area contributed by atoms with E-state index in [-0.39, 0.29) is 11.8 Å². The van der Waals surface area contributed by atoms with Crippen LogP contribution in [-0.2, 0) is 4.79 Å². The number of methoxy groups -OCH3 is 1. The number of nitriles is 1. The van der Waals surface area contributed by atoms with Crippen LogP contribution in [0.15, 0.2) is 35.0 Å². The van der Waals surface area contributed by atoms with E-state index in [0.29, 0.717) is 22.6 Å². The maximum atomic E-state index is 12.8. The minimum Gasteiger partial charge on any atom is -0.494 e. The topological polar surface area (TPSA) is 78.2 Å². The number of anilines is 1. The molecular formula is C22H22N4O2S. The van der Waals surface area contributed by atoms with Crippen molar-refractivity contribution in [1.29, 1.82) is 5.26 Å². The Hall–Kier alpha value is -2.95. The number of thiophene rings is 1. The Morgan fingerprint density at radius 3 is 2.79 bits per heavy atom. The lowest BCUT2D eigenvalue weighted by Crippen LogP contribution is -2.36. The maximum Gasteiger partial charge on any atom is 0.228 e. The number of benzene rings is 1. The quantitative estimate of drug-likeness (QED) is 0.705. The van der Waals surface area contributed by atoms with E-state index in [0.717, 1.165) is 42.4 Å². The molecule has 3 aromatic rings. The van der Waals surface area contributed by atoms with Crippen LogP contribution in [0.25, 0.3) is 22.0 Å². The maximum absolute atomic E-state index is 12.8. The van der Waals surface area contributed by atoms with Gasteiger partial charge in [-0.2, -0.15) is 16.6 Å². The van der Waals surface area contributed by atoms with E-state index in [1.54, 1.807) is 24.5 Å². The molecule has 1 aromatic carbocycles. The van der Waals surface area contributed by atoms with Crippen molar-refractivity contribution in [3.63, 3.8) is 0 Å². The number of pyridine rings is 1. The Kier molecular flexibility index (Phi) is 5.47. The number of hydrogen-bond acceptors (Lipinski definition) is 6. The molecule has 0 bridgehead atoms. The Morgan fingerprint density at radius 1 is 1.34 bits per heavy atom. The van der Waals surface area contributed by atoms with Gasteiger partial charge in [0, 0.05) is 11.3 Å². The van der Waals surface area contributed by atoms with Gasteiger partial charge in [0.15, 0.2) is 5.82 Å². The van der Waals surface area contributed by atoms with Crippen molar-refractivity contribution in [1.82, 2.24) is 9.88 Å². The highest BCUT2D eigenvalue weighted by Crippen LogP contribution is 2.36. The molecule has 1 aliphatic heterocycles. The number of nitrogens with one attached hydrogen (secondary N) is 1. The molecule has 0 spiro atoms. The molecule has 148 valence electrons. The highest BCUT2D eigenvalue weighted by atomic mass is 32.1. The van der Waals surface area contributed by atoms with Crippen LogP contribution in [0, 0.1) is 17.2 Å². The summed E-state index contributed by atoms with van der Waals surface area (Å²) in [6, 6.07) is 9.87. The van der Waals surface area contributed by atoms with Gasteiger partial charge in [-0.1, -0.05) is 0 Å². The first-order chi connectivity index (χ1) is 14.1. The number of hydrogen-bond donors (Lipinski definition) is 1. The lowest BCUT2D eigenvalue weighted by Gasteiger charge is -2.28. The highest BCUT2D eigenvalue weighted by Gasteiger charge is 2.25. The van der Waals surface area contributed by atoms with Gasteiger partial charge in [0.25, 0.3) is 0 Å². The molecule has 6 nitrogen and oxygen atoms in total. The molecule has 4 rings (SSSR count). The van der Waals surface area contributed by atoms with Gasteiger partial charge < -0.3 is 15.0 Å². The molecule has 1 saturated heterocycles. The zero-order chi connectivity index (χ0) is 20.4. The highest BCUT2D eigenvalue weighted by molar-refractivity contribution is 7.08. The van der Waals surface area contributed by atoms with Gasteiger partial charge in [-0.25, -0.2) is 4.98 Å². The second kappa shape index (κ2) is 8.19. The number of rotatable bonds is 4. The van der Waals surface area contributed by atoms with Crippen LogP contribution in [0.1, 0.15) is 18.4 Å². The summed E-state index contributed by atoms with van der Waals surface area (Å²) < 4.78 is 5.50. The lowest BCUT2D eigenvalue weighted by atomic mass is 9.96. The molecule has 0 atom stereocenters. The third-order valence-corrected chi connectivity index (χ3v) is 6.13. The molecular weight excluding hydrogens is 384 g/mol. The SMILES string of the molecule is COc1ccc(-c2ccsc2)c2cc(C#N)c(NC(=O)C3CCN(C)CC3)nc12. The van der Waals surface area contributed by atoms with Gasteiger partial charge in [0.1, 0.15) is 17.3 Å². The number of aromatic nitrogens is 1. The van der Waals surface area contributed by atoms with Crippen molar-refractivity contribution < 1.29 is 9.53 Å². The molecule has 1 fully saturated rings. The summed E-state index contributed by atoms with van der Waals surface area (Å²) in [6.07, 6.45) is 1.62. The predicted octanol–water partition coefficient (Wildman–Crippen LogP) is 4.12. The molecule has 1 aliphatic rings. The molecule has 0 unspecified atom stereocenters. The van der Waals surface area contributed by atoms with Crippen molar-refractivity contribution in [3.8, 4) is 22.9 Å². The van der Waals surface area contributed by atoms with E-state index in [1.165, 1.54) is 0 Å². The summed E-state index contributed by atoms with van der Waals surface area (Å²) in [5.41, 5.74) is 3.04. The second-order valence-electron chi connectivity index (χ2n) is 7.29. The fourth-order valence-electron chi connectivity index (χ4n) is 3.74. The number of likely N-dealkylation sites (tertiary alicyclic amines) is 1. The van der Waals surface area contributed by atoms with Crippen LogP contribution in [0.5, 0.6) is 5.75 Å². The summed E-state index contributed by atoms with van der Waals surface area (Å²) in [5, 5.41) is 17.5. The zero-order valence-corrected chi connectivity index (χ0v) is 17.3. The Morgan fingerprint density at radius 2 is 2.14 bits per heavy atom. The zero-order valence-electron chi connectivity index (χ0n) is 16.4. The van der Waals surface area contributed by atoms with Gasteiger partial charge in [0.05, 0.1) is 12.7 Å². The average Bonchev–Trinajstić information content (AvgIpc) is 3.27. The predicted molar refractivity (Wildman–Crippen MR) is 115 cm³/mol. The Bertz CT molecular complexity index is 1080. The van der Waals surface area contributed by atoms with Crippen molar-refractivity contribution in [2.24, 2.45) is 5.92 Å². The first kappa shape index (κ1) is 19.4. The fourth-order valence-corrected chi connectivity index (χ4v) is 4.39. The fraction of sp³-hybridized carbons (Fsp3) is 0.318. The van der Waals surface area contributed by atoms with Crippen LogP contribution >= 0.6 is 11.3 Å². The lowest BCUT2D eigenvalue weighted by molar-refractivity contribution is -0.121. The van der Waals surface area contributed by atoms with Gasteiger partial charge >= 0.3 is 0 Å². The number of amides is 1. The smallest absolute Gasteiger partial charge is 0.228 e. The van der Waals surface area contributed by atoms with Crippen LogP contribution in [0.4, 0.5) is 5.82 Å². The average molecular weight is 407 g/mol. The van der Waals surface area contributed by atoms with Crippen molar-refractivity contribution in [2.45, 2.75) is 12.8 Å². The number of ether oxygens (including phenoxy) is 1. The van der Waals surface area contributed by atoms with Crippen molar-refractivity contribution in [3.05, 3.63) is 40.6 Å². The second-order valence-corrected chi connectivity index (χ2v) is 8.07. The van der Waals surface area contributed by atoms with E-state index < -0.39 is 0 Å². The molecule has 2 aromatic heterocycles. The van der Waals surface area contributed by atoms with Crippen LogP contribution in [-0.4, -0.2) is 43.0 Å². The number of carbonyl (C=O) groups is 1. The molecule has 0 saturated carbocycles. The standard InChI is InChI=1S/C22H22N4O2S/c1-26-8-5-14(6-9-26)22(27)25-21-16(12-23)11-18-17(15-7-10-29-13-15)3-4-19(28-2)20(18)24-21/h3-4,7,10-11,13-14H,5-6,8-9H2,1-2H3,(H,24,25,27). The normalized spacial score (nSPS) is 15.2. The minimum absolute atomic E-state index is 0.0609. The van der Waals surface area contributed by atoms with E-state index >= 15 is 0 Å². The number of carbonyl (C=O) groups excluding carboxylic acids is 1. The van der Waals surface area contributed by atoms with Crippen LogP contribution in [0.3, 0.4) is 0 Å².